The second kappa shape index (κ2) is 12.6. The van der Waals surface area contributed by atoms with Crippen LogP contribution in [0.5, 0.6) is 11.5 Å². The van der Waals surface area contributed by atoms with Crippen molar-refractivity contribution in [2.24, 2.45) is 4.99 Å². The number of amidine groups is 1. The Morgan fingerprint density at radius 3 is 2.62 bits per heavy atom. The molecule has 1 aliphatic heterocycles. The van der Waals surface area contributed by atoms with E-state index in [9.17, 15) is 14.7 Å². The summed E-state index contributed by atoms with van der Waals surface area (Å²) < 4.78 is 11.6. The lowest BCUT2D eigenvalue weighted by molar-refractivity contribution is -0.124. The van der Waals surface area contributed by atoms with Gasteiger partial charge in [-0.2, -0.15) is 0 Å². The molecule has 1 saturated heterocycles. The number of carboxylic acids is 1. The van der Waals surface area contributed by atoms with E-state index >= 15 is 0 Å². The number of aliphatic imine (C=N–C) groups is 1. The number of carbonyl (C=O) groups is 2. The van der Waals surface area contributed by atoms with Crippen LogP contribution in [0.2, 0.25) is 5.02 Å². The van der Waals surface area contributed by atoms with Gasteiger partial charge in [-0.3, -0.25) is 9.69 Å². The molecule has 1 N–H and O–H groups in total. The predicted molar refractivity (Wildman–Crippen MR) is 159 cm³/mol. The number of amides is 1. The summed E-state index contributed by atoms with van der Waals surface area (Å²) in [5.41, 5.74) is 2.31. The largest absolute Gasteiger partial charge is 0.493 e. The van der Waals surface area contributed by atoms with Crippen molar-refractivity contribution in [2.45, 2.75) is 44.8 Å². The van der Waals surface area contributed by atoms with E-state index in [1.807, 2.05) is 48.5 Å². The maximum absolute atomic E-state index is 13.7. The van der Waals surface area contributed by atoms with E-state index in [1.165, 1.54) is 23.9 Å². The van der Waals surface area contributed by atoms with Gasteiger partial charge in [0.15, 0.2) is 16.7 Å². The Morgan fingerprint density at radius 1 is 1.07 bits per heavy atom. The number of halogens is 1. The standard InChI is InChI=1S/C31H29ClN2O5S/c1-38-27-16-20(14-15-26(27)39-19-22-8-5-6-13-25(22)32)17-28-29(35)34(24-11-3-2-4-12-24)31(40-28)33-23-10-7-9-21(18-23)30(36)37/h5-10,13-18,24H,2-4,11-12,19H2,1H3,(H,36,37)/b28-17-,33-31?. The number of ether oxygens (including phenoxy) is 2. The van der Waals surface area contributed by atoms with Crippen LogP contribution in [0, 0.1) is 0 Å². The molecule has 1 heterocycles. The van der Waals surface area contributed by atoms with Crippen LogP contribution in [-0.4, -0.2) is 40.2 Å². The minimum atomic E-state index is -1.02. The van der Waals surface area contributed by atoms with Crippen molar-refractivity contribution in [3.63, 3.8) is 0 Å². The van der Waals surface area contributed by atoms with E-state index in [0.29, 0.717) is 38.9 Å². The van der Waals surface area contributed by atoms with Gasteiger partial charge in [0.2, 0.25) is 0 Å². The molecule has 2 fully saturated rings. The summed E-state index contributed by atoms with van der Waals surface area (Å²) in [4.78, 5) is 32.2. The van der Waals surface area contributed by atoms with Gasteiger partial charge in [-0.15, -0.1) is 0 Å². The summed E-state index contributed by atoms with van der Waals surface area (Å²) >= 11 is 7.56. The molecule has 0 atom stereocenters. The van der Waals surface area contributed by atoms with E-state index in [2.05, 4.69) is 0 Å². The first kappa shape index (κ1) is 27.8. The lowest BCUT2D eigenvalue weighted by atomic mass is 9.94. The molecule has 1 amide bonds. The summed E-state index contributed by atoms with van der Waals surface area (Å²) in [6, 6.07) is 19.6. The van der Waals surface area contributed by atoms with E-state index < -0.39 is 5.97 Å². The molecule has 0 aromatic heterocycles. The number of hydrogen-bond acceptors (Lipinski definition) is 6. The van der Waals surface area contributed by atoms with Gasteiger partial charge < -0.3 is 14.6 Å². The topological polar surface area (TPSA) is 88.4 Å². The second-order valence-corrected chi connectivity index (χ2v) is 11.0. The normalized spacial score (nSPS) is 17.9. The highest BCUT2D eigenvalue weighted by Crippen LogP contribution is 2.39. The first-order valence-corrected chi connectivity index (χ1v) is 14.3. The fourth-order valence-corrected chi connectivity index (χ4v) is 6.11. The molecule has 206 valence electrons. The number of benzene rings is 3. The number of thioether (sulfide) groups is 1. The first-order valence-electron chi connectivity index (χ1n) is 13.1. The molecule has 40 heavy (non-hydrogen) atoms. The van der Waals surface area contributed by atoms with E-state index in [4.69, 9.17) is 26.1 Å². The molecule has 0 bridgehead atoms. The molecule has 0 spiro atoms. The molecule has 7 nitrogen and oxygen atoms in total. The third-order valence-corrected chi connectivity index (χ3v) is 8.27. The van der Waals surface area contributed by atoms with Crippen LogP contribution in [0.1, 0.15) is 53.6 Å². The monoisotopic (exact) mass is 576 g/mol. The lowest BCUT2D eigenvalue weighted by Gasteiger charge is -2.30. The summed E-state index contributed by atoms with van der Waals surface area (Å²) in [6.45, 7) is 0.296. The molecule has 3 aromatic rings. The van der Waals surface area contributed by atoms with Gasteiger partial charge in [-0.1, -0.05) is 61.2 Å². The molecule has 1 aliphatic carbocycles. The van der Waals surface area contributed by atoms with Crippen molar-refractivity contribution in [2.75, 3.05) is 7.11 Å². The third kappa shape index (κ3) is 6.35. The Hall–Kier alpha value is -3.75. The number of rotatable bonds is 8. The molecule has 3 aromatic carbocycles. The van der Waals surface area contributed by atoms with Gasteiger partial charge >= 0.3 is 5.97 Å². The molecule has 9 heteroatoms. The van der Waals surface area contributed by atoms with Crippen LogP contribution in [0.3, 0.4) is 0 Å². The molecule has 0 unspecified atom stereocenters. The van der Waals surface area contributed by atoms with Crippen LogP contribution in [0.25, 0.3) is 6.08 Å². The van der Waals surface area contributed by atoms with Crippen LogP contribution in [0.4, 0.5) is 5.69 Å². The van der Waals surface area contributed by atoms with Gasteiger partial charge in [0.05, 0.1) is 23.3 Å². The number of methoxy groups -OCH3 is 1. The minimum absolute atomic E-state index is 0.0659. The van der Waals surface area contributed by atoms with E-state index in [0.717, 1.165) is 43.2 Å². The van der Waals surface area contributed by atoms with Crippen LogP contribution >= 0.6 is 23.4 Å². The fraction of sp³-hybridized carbons (Fsp3) is 0.258. The van der Waals surface area contributed by atoms with Crippen molar-refractivity contribution in [1.29, 1.82) is 0 Å². The molecular weight excluding hydrogens is 548 g/mol. The summed E-state index contributed by atoms with van der Waals surface area (Å²) in [5, 5.41) is 10.6. The highest BCUT2D eigenvalue weighted by atomic mass is 35.5. The molecule has 5 rings (SSSR count). The summed E-state index contributed by atoms with van der Waals surface area (Å²) in [7, 11) is 1.57. The lowest BCUT2D eigenvalue weighted by Crippen LogP contribution is -2.40. The van der Waals surface area contributed by atoms with Crippen molar-refractivity contribution >= 4 is 52.2 Å². The molecular formula is C31H29ClN2O5S. The van der Waals surface area contributed by atoms with Crippen LogP contribution < -0.4 is 9.47 Å². The van der Waals surface area contributed by atoms with Crippen LogP contribution in [0.15, 0.2) is 76.6 Å². The maximum atomic E-state index is 13.7. The maximum Gasteiger partial charge on any atom is 0.335 e. The number of aromatic carboxylic acids is 1. The van der Waals surface area contributed by atoms with Gasteiger partial charge in [0.25, 0.3) is 5.91 Å². The van der Waals surface area contributed by atoms with Crippen molar-refractivity contribution in [1.82, 2.24) is 4.90 Å². The van der Waals surface area contributed by atoms with Gasteiger partial charge in [-0.25, -0.2) is 9.79 Å². The fourth-order valence-electron chi connectivity index (χ4n) is 4.86. The second-order valence-electron chi connectivity index (χ2n) is 9.62. The predicted octanol–water partition coefficient (Wildman–Crippen LogP) is 7.56. The Kier molecular flexibility index (Phi) is 8.77. The average molecular weight is 577 g/mol. The molecule has 2 aliphatic rings. The Bertz CT molecular complexity index is 1480. The van der Waals surface area contributed by atoms with E-state index in [-0.39, 0.29) is 17.5 Å². The third-order valence-electron chi connectivity index (χ3n) is 6.92. The number of carbonyl (C=O) groups excluding carboxylic acids is 1. The van der Waals surface area contributed by atoms with Crippen molar-refractivity contribution in [3.05, 3.63) is 93.3 Å². The zero-order chi connectivity index (χ0) is 28.1. The Morgan fingerprint density at radius 2 is 1.88 bits per heavy atom. The van der Waals surface area contributed by atoms with E-state index in [1.54, 1.807) is 24.1 Å². The Balaban J connectivity index is 1.42. The highest BCUT2D eigenvalue weighted by Gasteiger charge is 2.38. The highest BCUT2D eigenvalue weighted by molar-refractivity contribution is 8.18. The van der Waals surface area contributed by atoms with Gasteiger partial charge in [0, 0.05) is 16.6 Å². The smallest absolute Gasteiger partial charge is 0.335 e. The zero-order valence-corrected chi connectivity index (χ0v) is 23.6. The summed E-state index contributed by atoms with van der Waals surface area (Å²) in [6.07, 6.45) is 6.95. The quantitative estimate of drug-likeness (QED) is 0.278. The summed E-state index contributed by atoms with van der Waals surface area (Å²) in [5.74, 6) is -0.00190. The van der Waals surface area contributed by atoms with Crippen molar-refractivity contribution in [3.8, 4) is 11.5 Å². The zero-order valence-electron chi connectivity index (χ0n) is 22.0. The number of nitrogens with zero attached hydrogens (tertiary/aromatic N) is 2. The van der Waals surface area contributed by atoms with Gasteiger partial charge in [-0.05, 0) is 72.6 Å². The SMILES string of the molecule is COc1cc(/C=C2\SC(=Nc3cccc(C(=O)O)c3)N(C3CCCCC3)C2=O)ccc1OCc1ccccc1Cl. The van der Waals surface area contributed by atoms with Gasteiger partial charge in [0.1, 0.15) is 6.61 Å². The Labute approximate surface area is 242 Å². The number of carboxylic acid groups (broad SMARTS) is 1. The minimum Gasteiger partial charge on any atom is -0.493 e. The average Bonchev–Trinajstić information content (AvgIpc) is 3.27. The van der Waals surface area contributed by atoms with Crippen LogP contribution in [-0.2, 0) is 11.4 Å². The first-order chi connectivity index (χ1) is 19.4. The molecule has 0 radical (unpaired) electrons. The van der Waals surface area contributed by atoms with Crippen molar-refractivity contribution < 1.29 is 24.2 Å². The number of hydrogen-bond donors (Lipinski definition) is 1. The molecule has 1 saturated carbocycles.